The van der Waals surface area contributed by atoms with Crippen molar-refractivity contribution in [2.75, 3.05) is 0 Å². The zero-order chi connectivity index (χ0) is 18.1. The van der Waals surface area contributed by atoms with Crippen LogP contribution in [0.4, 0.5) is 0 Å². The second kappa shape index (κ2) is 6.68. The van der Waals surface area contributed by atoms with Crippen LogP contribution in [-0.4, -0.2) is 31.3 Å². The van der Waals surface area contributed by atoms with Crippen LogP contribution in [0.25, 0.3) is 16.7 Å². The highest BCUT2D eigenvalue weighted by Gasteiger charge is 2.14. The first-order valence-corrected chi connectivity index (χ1v) is 8.23. The number of halogens is 1. The molecule has 0 bridgehead atoms. The molecule has 25 heavy (non-hydrogen) atoms. The fraction of sp³-hybridized carbons (Fsp3) is 0.294. The summed E-state index contributed by atoms with van der Waals surface area (Å²) < 4.78 is 2.85. The Hall–Kier alpha value is -2.67. The number of benzene rings is 1. The van der Waals surface area contributed by atoms with Crippen molar-refractivity contribution < 1.29 is 4.79 Å². The lowest BCUT2D eigenvalue weighted by Gasteiger charge is -2.10. The first kappa shape index (κ1) is 17.2. The van der Waals surface area contributed by atoms with Crippen molar-refractivity contribution in [1.82, 2.24) is 24.6 Å². The number of rotatable bonds is 4. The van der Waals surface area contributed by atoms with E-state index in [1.54, 1.807) is 16.8 Å². The summed E-state index contributed by atoms with van der Waals surface area (Å²) in [6, 6.07) is 5.45. The van der Waals surface area contributed by atoms with Gasteiger partial charge in [-0.1, -0.05) is 17.7 Å². The third-order valence-electron chi connectivity index (χ3n) is 3.72. The molecule has 0 aliphatic rings. The highest BCUT2D eigenvalue weighted by Crippen LogP contribution is 2.21. The van der Waals surface area contributed by atoms with Crippen LogP contribution in [0, 0.1) is 6.92 Å². The van der Waals surface area contributed by atoms with E-state index in [9.17, 15) is 9.59 Å². The van der Waals surface area contributed by atoms with Gasteiger partial charge in [0.05, 0.1) is 11.9 Å². The zero-order valence-electron chi connectivity index (χ0n) is 14.2. The number of nitrogens with one attached hydrogen (secondary N) is 1. The lowest BCUT2D eigenvalue weighted by Crippen LogP contribution is -2.36. The second-order valence-electron chi connectivity index (χ2n) is 6.12. The number of hydrogen-bond donors (Lipinski definition) is 1. The minimum absolute atomic E-state index is 0.00782. The topological polar surface area (TPSA) is 81.8 Å². The molecule has 8 heteroatoms. The Morgan fingerprint density at radius 2 is 2.12 bits per heavy atom. The van der Waals surface area contributed by atoms with Gasteiger partial charge in [0, 0.05) is 11.1 Å². The summed E-state index contributed by atoms with van der Waals surface area (Å²) in [6.45, 7) is 5.57. The highest BCUT2D eigenvalue weighted by molar-refractivity contribution is 6.30. The van der Waals surface area contributed by atoms with E-state index in [0.717, 1.165) is 11.3 Å². The summed E-state index contributed by atoms with van der Waals surface area (Å²) in [6.07, 6.45) is 2.82. The minimum Gasteiger partial charge on any atom is -0.352 e. The highest BCUT2D eigenvalue weighted by atomic mass is 35.5. The summed E-state index contributed by atoms with van der Waals surface area (Å²) in [5, 5.41) is 7.95. The third-order valence-corrected chi connectivity index (χ3v) is 3.95. The van der Waals surface area contributed by atoms with Gasteiger partial charge in [-0.15, -0.1) is 0 Å². The second-order valence-corrected chi connectivity index (χ2v) is 6.56. The maximum atomic E-state index is 12.6. The van der Waals surface area contributed by atoms with E-state index in [-0.39, 0.29) is 24.1 Å². The SMILES string of the molecule is Cc1ccc(Cl)cc1-n1ncc2c(=O)n(CC(=O)NC(C)C)cnc21. The average molecular weight is 360 g/mol. The van der Waals surface area contributed by atoms with Crippen LogP contribution in [0.3, 0.4) is 0 Å². The zero-order valence-corrected chi connectivity index (χ0v) is 14.9. The molecule has 3 aromatic rings. The minimum atomic E-state index is -0.310. The molecule has 130 valence electrons. The summed E-state index contributed by atoms with van der Waals surface area (Å²) in [5.74, 6) is -0.240. The molecule has 1 amide bonds. The molecule has 0 atom stereocenters. The Kier molecular flexibility index (Phi) is 4.59. The van der Waals surface area contributed by atoms with Crippen LogP contribution in [-0.2, 0) is 11.3 Å². The number of amides is 1. The number of carbonyl (C=O) groups excluding carboxylic acids is 1. The number of aromatic nitrogens is 4. The van der Waals surface area contributed by atoms with Gasteiger partial charge in [0.2, 0.25) is 5.91 Å². The van der Waals surface area contributed by atoms with Crippen LogP contribution in [0.1, 0.15) is 19.4 Å². The van der Waals surface area contributed by atoms with Crippen molar-refractivity contribution in [3.05, 3.63) is 51.7 Å². The van der Waals surface area contributed by atoms with Crippen LogP contribution < -0.4 is 10.9 Å². The number of fused-ring (bicyclic) bond motifs is 1. The molecule has 0 aliphatic heterocycles. The molecule has 0 saturated carbocycles. The quantitative estimate of drug-likeness (QED) is 0.773. The number of nitrogens with zero attached hydrogens (tertiary/aromatic N) is 4. The van der Waals surface area contributed by atoms with E-state index in [2.05, 4.69) is 15.4 Å². The lowest BCUT2D eigenvalue weighted by atomic mass is 10.2. The average Bonchev–Trinajstić information content (AvgIpc) is 2.96. The van der Waals surface area contributed by atoms with E-state index in [1.807, 2.05) is 26.8 Å². The maximum Gasteiger partial charge on any atom is 0.264 e. The molecule has 0 fully saturated rings. The molecule has 1 N–H and O–H groups in total. The largest absolute Gasteiger partial charge is 0.352 e. The molecule has 0 saturated heterocycles. The smallest absolute Gasteiger partial charge is 0.264 e. The Morgan fingerprint density at radius 3 is 2.84 bits per heavy atom. The molecule has 0 radical (unpaired) electrons. The summed E-state index contributed by atoms with van der Waals surface area (Å²) in [4.78, 5) is 28.8. The van der Waals surface area contributed by atoms with E-state index < -0.39 is 0 Å². The molecule has 2 heterocycles. The van der Waals surface area contributed by atoms with Gasteiger partial charge in [-0.25, -0.2) is 9.67 Å². The fourth-order valence-corrected chi connectivity index (χ4v) is 2.74. The Morgan fingerprint density at radius 1 is 1.36 bits per heavy atom. The Balaban J connectivity index is 2.04. The van der Waals surface area contributed by atoms with Crippen molar-refractivity contribution in [3.8, 4) is 5.69 Å². The normalized spacial score (nSPS) is 11.2. The first-order valence-electron chi connectivity index (χ1n) is 7.86. The monoisotopic (exact) mass is 359 g/mol. The fourth-order valence-electron chi connectivity index (χ4n) is 2.57. The van der Waals surface area contributed by atoms with Gasteiger partial charge in [-0.2, -0.15) is 5.10 Å². The van der Waals surface area contributed by atoms with E-state index in [1.165, 1.54) is 17.1 Å². The van der Waals surface area contributed by atoms with Gasteiger partial charge in [0.25, 0.3) is 5.56 Å². The molecule has 0 spiro atoms. The van der Waals surface area contributed by atoms with Crippen LogP contribution >= 0.6 is 11.6 Å². The summed E-state index contributed by atoms with van der Waals surface area (Å²) in [7, 11) is 0. The van der Waals surface area contributed by atoms with Gasteiger partial charge in [-0.3, -0.25) is 14.2 Å². The number of hydrogen-bond acceptors (Lipinski definition) is 4. The van der Waals surface area contributed by atoms with E-state index in [0.29, 0.717) is 16.1 Å². The van der Waals surface area contributed by atoms with Gasteiger partial charge in [0.1, 0.15) is 18.3 Å². The molecule has 0 aliphatic carbocycles. The molecule has 3 rings (SSSR count). The molecule has 1 aromatic carbocycles. The van der Waals surface area contributed by atoms with Crippen molar-refractivity contribution in [2.24, 2.45) is 0 Å². The first-order chi connectivity index (χ1) is 11.9. The van der Waals surface area contributed by atoms with Gasteiger partial charge >= 0.3 is 0 Å². The molecular weight excluding hydrogens is 342 g/mol. The Labute approximate surface area is 149 Å². The van der Waals surface area contributed by atoms with Gasteiger partial charge < -0.3 is 5.32 Å². The predicted octanol–water partition coefficient (Wildman–Crippen LogP) is 2.07. The van der Waals surface area contributed by atoms with Gasteiger partial charge in [0.15, 0.2) is 5.65 Å². The van der Waals surface area contributed by atoms with Crippen molar-refractivity contribution in [3.63, 3.8) is 0 Å². The third kappa shape index (κ3) is 3.41. The summed E-state index contributed by atoms with van der Waals surface area (Å²) in [5.41, 5.74) is 1.83. The summed E-state index contributed by atoms with van der Waals surface area (Å²) >= 11 is 6.07. The molecule has 7 nitrogen and oxygen atoms in total. The molecule has 2 aromatic heterocycles. The Bertz CT molecular complexity index is 1010. The maximum absolute atomic E-state index is 12.6. The predicted molar refractivity (Wildman–Crippen MR) is 96.2 cm³/mol. The number of aryl methyl sites for hydroxylation is 1. The standard InChI is InChI=1S/C17H18ClN5O2/c1-10(2)21-15(24)8-22-9-19-16-13(17(22)25)7-20-23(16)14-6-12(18)5-4-11(14)3/h4-7,9-10H,8H2,1-3H3,(H,21,24). The number of carbonyl (C=O) groups is 1. The van der Waals surface area contributed by atoms with Crippen LogP contribution in [0.15, 0.2) is 35.5 Å². The molecular formula is C17H18ClN5O2. The molecule has 0 unspecified atom stereocenters. The van der Waals surface area contributed by atoms with Crippen molar-refractivity contribution in [1.29, 1.82) is 0 Å². The lowest BCUT2D eigenvalue weighted by molar-refractivity contribution is -0.122. The van der Waals surface area contributed by atoms with Gasteiger partial charge in [-0.05, 0) is 38.5 Å². The van der Waals surface area contributed by atoms with Crippen molar-refractivity contribution >= 4 is 28.5 Å². The van der Waals surface area contributed by atoms with Crippen molar-refractivity contribution in [2.45, 2.75) is 33.4 Å². The van der Waals surface area contributed by atoms with Crippen LogP contribution in [0.5, 0.6) is 0 Å². The van der Waals surface area contributed by atoms with Crippen LogP contribution in [0.2, 0.25) is 5.02 Å². The van der Waals surface area contributed by atoms with E-state index >= 15 is 0 Å². The van der Waals surface area contributed by atoms with E-state index in [4.69, 9.17) is 11.6 Å².